The van der Waals surface area contributed by atoms with Crippen LogP contribution in [0.3, 0.4) is 0 Å². The van der Waals surface area contributed by atoms with E-state index in [4.69, 9.17) is 4.74 Å². The minimum Gasteiger partial charge on any atom is -0.489 e. The van der Waals surface area contributed by atoms with Gasteiger partial charge >= 0.3 is 0 Å². The Bertz CT molecular complexity index is 621. The summed E-state index contributed by atoms with van der Waals surface area (Å²) in [6.45, 7) is 6.52. The molecule has 1 aromatic carbocycles. The molecule has 0 saturated heterocycles. The Morgan fingerprint density at radius 2 is 1.96 bits per heavy atom. The van der Waals surface area contributed by atoms with Crippen molar-refractivity contribution >= 4 is 39.8 Å². The molecule has 8 heteroatoms. The monoisotopic (exact) mass is 469 g/mol. The van der Waals surface area contributed by atoms with E-state index >= 15 is 0 Å². The van der Waals surface area contributed by atoms with Crippen molar-refractivity contribution < 1.29 is 13.2 Å². The molecule has 2 N–H and O–H groups in total. The predicted molar refractivity (Wildman–Crippen MR) is 110 cm³/mol. The lowest BCUT2D eigenvalue weighted by atomic mass is 10.2. The number of sulfone groups is 1. The van der Waals surface area contributed by atoms with Crippen LogP contribution in [0.25, 0.3) is 0 Å². The number of benzene rings is 1. The number of hydrogen-bond acceptors (Lipinski definition) is 4. The van der Waals surface area contributed by atoms with Gasteiger partial charge in [-0.15, -0.1) is 24.0 Å². The molecule has 1 aromatic rings. The van der Waals surface area contributed by atoms with Gasteiger partial charge in [-0.2, -0.15) is 0 Å². The molecular weight excluding hydrogens is 441 g/mol. The van der Waals surface area contributed by atoms with Crippen molar-refractivity contribution in [2.24, 2.45) is 4.99 Å². The molecule has 0 saturated carbocycles. The van der Waals surface area contributed by atoms with E-state index in [0.717, 1.165) is 11.3 Å². The van der Waals surface area contributed by atoms with E-state index in [1.165, 1.54) is 0 Å². The highest BCUT2D eigenvalue weighted by Gasteiger charge is 2.09. The van der Waals surface area contributed by atoms with Gasteiger partial charge in [0.25, 0.3) is 0 Å². The molecule has 0 amide bonds. The van der Waals surface area contributed by atoms with Gasteiger partial charge in [-0.3, -0.25) is 4.99 Å². The van der Waals surface area contributed by atoms with Gasteiger partial charge in [-0.05, 0) is 25.5 Å². The van der Waals surface area contributed by atoms with Crippen molar-refractivity contribution in [1.29, 1.82) is 0 Å². The van der Waals surface area contributed by atoms with Crippen LogP contribution in [-0.2, 0) is 9.84 Å². The van der Waals surface area contributed by atoms with Gasteiger partial charge in [0.1, 0.15) is 11.9 Å². The number of aliphatic imine (C=N–C) groups is 1. The number of ether oxygens (including phenoxy) is 1. The molecule has 0 aliphatic heterocycles. The zero-order chi connectivity index (χ0) is 17.3. The lowest BCUT2D eigenvalue weighted by molar-refractivity contribution is 0.222. The van der Waals surface area contributed by atoms with Gasteiger partial charge in [0.15, 0.2) is 15.8 Å². The number of hydrogen-bond donors (Lipinski definition) is 2. The average molecular weight is 469 g/mol. The minimum atomic E-state index is -2.97. The van der Waals surface area contributed by atoms with E-state index < -0.39 is 9.84 Å². The molecule has 6 nitrogen and oxygen atoms in total. The molecular formula is C16H28IN3O3S. The van der Waals surface area contributed by atoms with E-state index in [0.29, 0.717) is 19.0 Å². The van der Waals surface area contributed by atoms with Crippen molar-refractivity contribution in [3.8, 4) is 5.75 Å². The van der Waals surface area contributed by atoms with Crippen molar-refractivity contribution in [1.82, 2.24) is 10.6 Å². The van der Waals surface area contributed by atoms with Crippen LogP contribution in [0.15, 0.2) is 29.3 Å². The summed E-state index contributed by atoms with van der Waals surface area (Å²) in [6.07, 6.45) is -0.0472. The first-order valence-electron chi connectivity index (χ1n) is 7.75. The van der Waals surface area contributed by atoms with E-state index in [2.05, 4.69) is 15.6 Å². The zero-order valence-electron chi connectivity index (χ0n) is 14.7. The number of guanidine groups is 1. The van der Waals surface area contributed by atoms with E-state index in [1.807, 2.05) is 38.1 Å². The molecule has 0 aliphatic rings. The highest BCUT2D eigenvalue weighted by atomic mass is 127. The number of nitrogens with one attached hydrogen (secondary N) is 2. The second-order valence-corrected chi connectivity index (χ2v) is 7.78. The Labute approximate surface area is 162 Å². The van der Waals surface area contributed by atoms with Crippen molar-refractivity contribution in [2.75, 3.05) is 31.6 Å². The van der Waals surface area contributed by atoms with Crippen LogP contribution in [0.2, 0.25) is 0 Å². The molecule has 1 unspecified atom stereocenters. The third kappa shape index (κ3) is 8.72. The number of para-hydroxylation sites is 1. The molecule has 138 valence electrons. The van der Waals surface area contributed by atoms with E-state index in [9.17, 15) is 8.42 Å². The first-order chi connectivity index (χ1) is 10.9. The third-order valence-corrected chi connectivity index (χ3v) is 5.05. The van der Waals surface area contributed by atoms with Gasteiger partial charge in [0, 0.05) is 19.3 Å². The topological polar surface area (TPSA) is 79.8 Å². The summed E-state index contributed by atoms with van der Waals surface area (Å²) in [4.78, 5) is 4.07. The Kier molecular flexibility index (Phi) is 11.0. The largest absolute Gasteiger partial charge is 0.489 e. The summed E-state index contributed by atoms with van der Waals surface area (Å²) in [7, 11) is -1.32. The van der Waals surface area contributed by atoms with Crippen LogP contribution in [0, 0.1) is 6.92 Å². The first-order valence-corrected chi connectivity index (χ1v) is 9.57. The summed E-state index contributed by atoms with van der Waals surface area (Å²) in [5.41, 5.74) is 1.09. The molecule has 1 rings (SSSR count). The van der Waals surface area contributed by atoms with Crippen molar-refractivity contribution in [3.63, 3.8) is 0 Å². The average Bonchev–Trinajstić information content (AvgIpc) is 2.53. The van der Waals surface area contributed by atoms with E-state index in [1.54, 1.807) is 14.0 Å². The summed E-state index contributed by atoms with van der Waals surface area (Å²) in [5.74, 6) is 1.68. The maximum Gasteiger partial charge on any atom is 0.191 e. The molecule has 24 heavy (non-hydrogen) atoms. The van der Waals surface area contributed by atoms with Crippen molar-refractivity contribution in [2.45, 2.75) is 26.9 Å². The Morgan fingerprint density at radius 1 is 1.29 bits per heavy atom. The molecule has 0 spiro atoms. The molecule has 1 atom stereocenters. The number of nitrogens with zero attached hydrogens (tertiary/aromatic N) is 1. The Hall–Kier alpha value is -1.03. The standard InChI is InChI=1S/C16H27N3O3S.HI/c1-5-23(20,21)11-10-18-16(17-4)19-12-14(3)22-15-9-7-6-8-13(15)2;/h6-9,14H,5,10-12H2,1-4H3,(H2,17,18,19);1H. The van der Waals surface area contributed by atoms with Gasteiger partial charge in [0.05, 0.1) is 12.3 Å². The maximum absolute atomic E-state index is 11.5. The van der Waals surface area contributed by atoms with Crippen LogP contribution in [0.5, 0.6) is 5.75 Å². The van der Waals surface area contributed by atoms with Crippen LogP contribution in [0.1, 0.15) is 19.4 Å². The summed E-state index contributed by atoms with van der Waals surface area (Å²) >= 11 is 0. The number of rotatable bonds is 8. The smallest absolute Gasteiger partial charge is 0.191 e. The van der Waals surface area contributed by atoms with Crippen LogP contribution >= 0.6 is 24.0 Å². The molecule has 0 aliphatic carbocycles. The summed E-state index contributed by atoms with van der Waals surface area (Å²) in [5, 5.41) is 6.13. The second-order valence-electron chi connectivity index (χ2n) is 5.31. The fraction of sp³-hybridized carbons (Fsp3) is 0.562. The highest BCUT2D eigenvalue weighted by Crippen LogP contribution is 2.17. The van der Waals surface area contributed by atoms with E-state index in [-0.39, 0.29) is 41.6 Å². The second kappa shape index (κ2) is 11.5. The molecule has 0 bridgehead atoms. The van der Waals surface area contributed by atoms with Crippen LogP contribution in [0.4, 0.5) is 0 Å². The quantitative estimate of drug-likeness (QED) is 0.346. The molecule has 0 aromatic heterocycles. The fourth-order valence-corrected chi connectivity index (χ4v) is 2.58. The minimum absolute atomic E-state index is 0. The Balaban J connectivity index is 0.00000529. The SMILES string of the molecule is CCS(=O)(=O)CCNC(=NC)NCC(C)Oc1ccccc1C.I. The van der Waals surface area contributed by atoms with Crippen LogP contribution < -0.4 is 15.4 Å². The van der Waals surface area contributed by atoms with Gasteiger partial charge in [-0.25, -0.2) is 8.42 Å². The summed E-state index contributed by atoms with van der Waals surface area (Å²) < 4.78 is 28.8. The van der Waals surface area contributed by atoms with Crippen LogP contribution in [-0.4, -0.2) is 52.1 Å². The molecule has 0 radical (unpaired) electrons. The van der Waals surface area contributed by atoms with Gasteiger partial charge in [0.2, 0.25) is 0 Å². The normalized spacial score (nSPS) is 12.9. The Morgan fingerprint density at radius 3 is 2.54 bits per heavy atom. The fourth-order valence-electron chi connectivity index (χ4n) is 1.88. The first kappa shape index (κ1) is 23.0. The van der Waals surface area contributed by atoms with Gasteiger partial charge in [-0.1, -0.05) is 25.1 Å². The lowest BCUT2D eigenvalue weighted by Crippen LogP contribution is -2.43. The lowest BCUT2D eigenvalue weighted by Gasteiger charge is -2.18. The highest BCUT2D eigenvalue weighted by molar-refractivity contribution is 14.0. The third-order valence-electron chi connectivity index (χ3n) is 3.35. The predicted octanol–water partition coefficient (Wildman–Crippen LogP) is 1.98. The van der Waals surface area contributed by atoms with Gasteiger partial charge < -0.3 is 15.4 Å². The molecule has 0 heterocycles. The maximum atomic E-state index is 11.5. The number of aryl methyl sites for hydroxylation is 1. The molecule has 0 fully saturated rings. The zero-order valence-corrected chi connectivity index (χ0v) is 17.9. The van der Waals surface area contributed by atoms with Crippen molar-refractivity contribution in [3.05, 3.63) is 29.8 Å². The number of halogens is 1. The summed E-state index contributed by atoms with van der Waals surface area (Å²) in [6, 6.07) is 7.86.